The molecule has 2 saturated heterocycles. The fourth-order valence-corrected chi connectivity index (χ4v) is 4.76. The van der Waals surface area contributed by atoms with Gasteiger partial charge in [0.05, 0.1) is 26.7 Å². The number of aliphatic hydroxyl groups is 4. The molecular weight excluding hydrogens is 564 g/mol. The van der Waals surface area contributed by atoms with Gasteiger partial charge in [-0.1, -0.05) is 0 Å². The van der Waals surface area contributed by atoms with E-state index in [-0.39, 0.29) is 27.9 Å². The Hall–Kier alpha value is -3.68. The Kier molecular flexibility index (Phi) is 7.95. The molecule has 0 saturated carbocycles. The van der Waals surface area contributed by atoms with E-state index in [2.05, 4.69) is 19.9 Å². The average Bonchev–Trinajstić information content (AvgIpc) is 3.67. The molecule has 6 rings (SSSR count). The number of rotatable bonds is 5. The molecule has 0 radical (unpaired) electrons. The summed E-state index contributed by atoms with van der Waals surface area (Å²) in [5.74, 6) is -1.55. The molecule has 18 heteroatoms. The van der Waals surface area contributed by atoms with Crippen LogP contribution in [0.4, 0.5) is 17.6 Å². The molecule has 0 bridgehead atoms. The maximum Gasteiger partial charge on any atom is 0.263 e. The number of halogens is 4. The van der Waals surface area contributed by atoms with Gasteiger partial charge in [-0.15, -0.1) is 0 Å². The van der Waals surface area contributed by atoms with Crippen molar-refractivity contribution in [2.75, 3.05) is 20.3 Å². The number of alkyl halides is 2. The van der Waals surface area contributed by atoms with Crippen molar-refractivity contribution in [3.63, 3.8) is 0 Å². The first kappa shape index (κ1) is 28.8. The number of aliphatic hydroxyl groups excluding tert-OH is 4. The van der Waals surface area contributed by atoms with Crippen molar-refractivity contribution in [2.45, 2.75) is 49.2 Å². The van der Waals surface area contributed by atoms with Crippen LogP contribution >= 0.6 is 0 Å². The predicted molar refractivity (Wildman–Crippen MR) is 128 cm³/mol. The lowest BCUT2D eigenvalue weighted by molar-refractivity contribution is -0.0459. The third kappa shape index (κ3) is 4.81. The number of nitrogens with zero attached hydrogens (tertiary/aromatic N) is 5. The molecule has 2 aliphatic heterocycles. The molecule has 4 aromatic heterocycles. The van der Waals surface area contributed by atoms with Gasteiger partial charge < -0.3 is 39.6 Å². The monoisotopic (exact) mass is 588 g/mol. The molecule has 0 aromatic carbocycles. The molecule has 222 valence electrons. The van der Waals surface area contributed by atoms with Crippen LogP contribution in [0.25, 0.3) is 22.1 Å². The number of aromatic nitrogens is 6. The van der Waals surface area contributed by atoms with E-state index in [1.165, 1.54) is 7.11 Å². The van der Waals surface area contributed by atoms with E-state index in [1.807, 2.05) is 0 Å². The van der Waals surface area contributed by atoms with Crippen LogP contribution in [0.15, 0.2) is 29.8 Å². The van der Waals surface area contributed by atoms with Crippen LogP contribution in [0.5, 0.6) is 5.88 Å². The van der Waals surface area contributed by atoms with E-state index in [9.17, 15) is 32.6 Å². The summed E-state index contributed by atoms with van der Waals surface area (Å²) in [4.78, 5) is 25.2. The zero-order chi connectivity index (χ0) is 29.6. The van der Waals surface area contributed by atoms with E-state index < -0.39 is 79.6 Å². The van der Waals surface area contributed by atoms with E-state index in [0.717, 1.165) is 34.2 Å². The molecule has 0 spiro atoms. The fraction of sp³-hybridized carbons (Fsp3) is 0.478. The van der Waals surface area contributed by atoms with Gasteiger partial charge in [0.2, 0.25) is 5.88 Å². The van der Waals surface area contributed by atoms with Crippen molar-refractivity contribution >= 4 is 22.1 Å². The molecule has 2 fully saturated rings. The number of ether oxygens (including phenoxy) is 3. The van der Waals surface area contributed by atoms with E-state index >= 15 is 0 Å². The smallest absolute Gasteiger partial charge is 0.263 e. The number of nitrogens with one attached hydrogen (secondary N) is 1. The quantitative estimate of drug-likeness (QED) is 0.191. The van der Waals surface area contributed by atoms with Crippen molar-refractivity contribution in [3.8, 4) is 5.88 Å². The molecule has 5 N–H and O–H groups in total. The molecule has 8 atom stereocenters. The Labute approximate surface area is 226 Å². The van der Waals surface area contributed by atoms with Gasteiger partial charge in [0.15, 0.2) is 47.7 Å². The van der Waals surface area contributed by atoms with Crippen LogP contribution in [-0.4, -0.2) is 107 Å². The molecule has 4 aromatic rings. The van der Waals surface area contributed by atoms with Gasteiger partial charge in [0.25, 0.3) is 5.56 Å². The molecule has 41 heavy (non-hydrogen) atoms. The largest absolute Gasteiger partial charge is 0.480 e. The second-order valence-electron chi connectivity index (χ2n) is 9.15. The van der Waals surface area contributed by atoms with Crippen molar-refractivity contribution < 1.29 is 52.2 Å². The van der Waals surface area contributed by atoms with Gasteiger partial charge >= 0.3 is 0 Å². The Balaban J connectivity index is 0.000000165. The van der Waals surface area contributed by atoms with Crippen LogP contribution in [0.2, 0.25) is 0 Å². The Morgan fingerprint density at radius 3 is 1.90 bits per heavy atom. The topological polar surface area (TPSA) is 190 Å². The number of aromatic amines is 1. The van der Waals surface area contributed by atoms with E-state index in [4.69, 9.17) is 24.4 Å². The number of fused-ring (bicyclic) bond motifs is 2. The minimum absolute atomic E-state index is 0.00209. The highest BCUT2D eigenvalue weighted by molar-refractivity contribution is 5.82. The third-order valence-corrected chi connectivity index (χ3v) is 6.79. The van der Waals surface area contributed by atoms with Crippen LogP contribution in [0, 0.1) is 11.6 Å². The summed E-state index contributed by atoms with van der Waals surface area (Å²) in [6.07, 6.45) is -7.46. The number of H-pyrrole nitrogens is 1. The van der Waals surface area contributed by atoms with Crippen LogP contribution in [0.3, 0.4) is 0 Å². The summed E-state index contributed by atoms with van der Waals surface area (Å²) < 4.78 is 73.4. The van der Waals surface area contributed by atoms with Gasteiger partial charge in [-0.25, -0.2) is 32.5 Å². The number of hydrogen-bond acceptors (Lipinski definition) is 11. The molecule has 2 unspecified atom stereocenters. The Bertz CT molecular complexity index is 1600. The third-order valence-electron chi connectivity index (χ3n) is 6.79. The van der Waals surface area contributed by atoms with Gasteiger partial charge in [-0.3, -0.25) is 13.9 Å². The fourth-order valence-electron chi connectivity index (χ4n) is 4.76. The van der Waals surface area contributed by atoms with Gasteiger partial charge in [0, 0.05) is 12.4 Å². The maximum absolute atomic E-state index is 14.1. The Morgan fingerprint density at radius 2 is 1.41 bits per heavy atom. The molecule has 14 nitrogen and oxygen atoms in total. The highest BCUT2D eigenvalue weighted by Crippen LogP contribution is 2.37. The van der Waals surface area contributed by atoms with Crippen LogP contribution in [-0.2, 0) is 9.47 Å². The van der Waals surface area contributed by atoms with Gasteiger partial charge in [-0.05, 0) is 0 Å². The lowest BCUT2D eigenvalue weighted by Gasteiger charge is -2.15. The van der Waals surface area contributed by atoms with E-state index in [1.54, 1.807) is 0 Å². The predicted octanol–water partition coefficient (Wildman–Crippen LogP) is -0.380. The normalized spacial score (nSPS) is 29.7. The lowest BCUT2D eigenvalue weighted by atomic mass is 10.1. The number of hydrogen-bond donors (Lipinski definition) is 5. The minimum atomic E-state index is -1.87. The summed E-state index contributed by atoms with van der Waals surface area (Å²) >= 11 is 0. The number of methoxy groups -OCH3 is 1. The lowest BCUT2D eigenvalue weighted by Crippen LogP contribution is -2.30. The first-order valence-corrected chi connectivity index (χ1v) is 12.1. The standard InChI is InChI=1S/C12H13F2N3O4.C11H11F2N3O4/c1-20-11-7-5(13)2-17(10(7)15-4-16-11)12-8(14)9(19)6(3-18)21-12;12-4-1-16(9-6(4)10(19)15-3-14-9)11-7(13)8(18)5(2-17)20-11/h2,4,6,8-9,12,18-19H,3H2,1H3;1,3,5,7-8,11,17-18H,2H2,(H,14,15,19)/t6-,8+,9?,12-;5-,7+,8?,11-/m11/s1. The van der Waals surface area contributed by atoms with Gasteiger partial charge in [-0.2, -0.15) is 0 Å². The summed E-state index contributed by atoms with van der Waals surface area (Å²) in [5, 5.41) is 36.9. The summed E-state index contributed by atoms with van der Waals surface area (Å²) in [7, 11) is 1.33. The highest BCUT2D eigenvalue weighted by Gasteiger charge is 2.46. The SMILES string of the molecule is COc1ncnc2c1c(F)cn2[C@@H]1O[C@H](CO)C(O)[C@@H]1F.O=c1[nH]cnc2c1c(F)cn2[C@@H]1O[C@H](CO)C(O)[C@@H]1F. The molecule has 0 amide bonds. The highest BCUT2D eigenvalue weighted by atomic mass is 19.1. The van der Waals surface area contributed by atoms with Crippen molar-refractivity contribution in [1.82, 2.24) is 29.1 Å². The van der Waals surface area contributed by atoms with Crippen LogP contribution < -0.4 is 10.3 Å². The summed E-state index contributed by atoms with van der Waals surface area (Å²) in [6.45, 7) is -1.12. The van der Waals surface area contributed by atoms with E-state index in [0.29, 0.717) is 0 Å². The maximum atomic E-state index is 14.1. The first-order valence-electron chi connectivity index (χ1n) is 12.1. The van der Waals surface area contributed by atoms with Crippen molar-refractivity contribution in [2.24, 2.45) is 0 Å². The molecule has 2 aliphatic rings. The minimum Gasteiger partial charge on any atom is -0.480 e. The molecule has 6 heterocycles. The second-order valence-corrected chi connectivity index (χ2v) is 9.15. The average molecular weight is 588 g/mol. The van der Waals surface area contributed by atoms with Crippen LogP contribution in [0.1, 0.15) is 12.5 Å². The molecule has 0 aliphatic carbocycles. The summed E-state index contributed by atoms with van der Waals surface area (Å²) in [6, 6.07) is 0. The molecular formula is C23H24F4N6O8. The zero-order valence-electron chi connectivity index (χ0n) is 21.0. The van der Waals surface area contributed by atoms with Crippen molar-refractivity contribution in [3.05, 3.63) is 47.0 Å². The zero-order valence-corrected chi connectivity index (χ0v) is 21.0. The summed E-state index contributed by atoms with van der Waals surface area (Å²) in [5.41, 5.74) is -0.707. The Morgan fingerprint density at radius 1 is 0.902 bits per heavy atom. The van der Waals surface area contributed by atoms with Crippen molar-refractivity contribution in [1.29, 1.82) is 0 Å². The van der Waals surface area contributed by atoms with Gasteiger partial charge in [0.1, 0.15) is 41.5 Å². The second kappa shape index (κ2) is 11.3. The first-order chi connectivity index (χ1) is 19.6.